The fourth-order valence-electron chi connectivity index (χ4n) is 1.19. The molecule has 0 unspecified atom stereocenters. The smallest absolute Gasteiger partial charge is 0.331 e. The molecule has 0 fully saturated rings. The third-order valence-corrected chi connectivity index (χ3v) is 2.48. The van der Waals surface area contributed by atoms with Crippen LogP contribution in [0.3, 0.4) is 0 Å². The highest BCUT2D eigenvalue weighted by Crippen LogP contribution is 2.15. The van der Waals surface area contributed by atoms with Gasteiger partial charge in [0.15, 0.2) is 6.61 Å². The van der Waals surface area contributed by atoms with E-state index in [9.17, 15) is 9.59 Å². The van der Waals surface area contributed by atoms with Crippen molar-refractivity contribution in [2.75, 3.05) is 11.9 Å². The Labute approximate surface area is 120 Å². The molecule has 5 heteroatoms. The first-order chi connectivity index (χ1) is 9.11. The maximum Gasteiger partial charge on any atom is 0.331 e. The summed E-state index contributed by atoms with van der Waals surface area (Å²) in [4.78, 5) is 22.7. The van der Waals surface area contributed by atoms with Gasteiger partial charge in [-0.25, -0.2) is 4.79 Å². The first-order valence-corrected chi connectivity index (χ1v) is 6.42. The van der Waals surface area contributed by atoms with E-state index < -0.39 is 5.97 Å². The van der Waals surface area contributed by atoms with Crippen molar-refractivity contribution < 1.29 is 14.3 Å². The summed E-state index contributed by atoms with van der Waals surface area (Å²) in [6.45, 7) is 1.52. The van der Waals surface area contributed by atoms with E-state index in [1.807, 2.05) is 13.0 Å². The molecule has 1 aromatic carbocycles. The molecule has 1 N–H and O–H groups in total. The summed E-state index contributed by atoms with van der Waals surface area (Å²) in [7, 11) is 0. The van der Waals surface area contributed by atoms with E-state index in [-0.39, 0.29) is 12.5 Å². The van der Waals surface area contributed by atoms with Gasteiger partial charge in [0.2, 0.25) is 0 Å². The largest absolute Gasteiger partial charge is 0.452 e. The Hall–Kier alpha value is -1.88. The Morgan fingerprint density at radius 1 is 1.37 bits per heavy atom. The van der Waals surface area contributed by atoms with Crippen LogP contribution in [-0.2, 0) is 14.3 Å². The van der Waals surface area contributed by atoms with Crippen molar-refractivity contribution in [2.45, 2.75) is 6.92 Å². The monoisotopic (exact) mass is 323 g/mol. The third kappa shape index (κ3) is 6.57. The molecule has 0 saturated carbocycles. The molecule has 0 aromatic heterocycles. The lowest BCUT2D eigenvalue weighted by molar-refractivity contribution is -0.142. The number of carbonyl (C=O) groups is 2. The predicted molar refractivity (Wildman–Crippen MR) is 77.7 cm³/mol. The molecule has 0 aliphatic rings. The lowest BCUT2D eigenvalue weighted by Gasteiger charge is -2.05. The number of amides is 1. The predicted octanol–water partition coefficient (Wildman–Crippen LogP) is 3.06. The van der Waals surface area contributed by atoms with Gasteiger partial charge in [-0.3, -0.25) is 4.79 Å². The molecule has 4 nitrogen and oxygen atoms in total. The molecule has 0 saturated heterocycles. The number of hydrogen-bond donors (Lipinski definition) is 1. The van der Waals surface area contributed by atoms with Gasteiger partial charge in [-0.2, -0.15) is 0 Å². The van der Waals surface area contributed by atoms with E-state index in [0.29, 0.717) is 5.69 Å². The summed E-state index contributed by atoms with van der Waals surface area (Å²) in [5, 5.41) is 2.62. The fraction of sp³-hybridized carbons (Fsp3) is 0.143. The maximum atomic E-state index is 11.5. The minimum Gasteiger partial charge on any atom is -0.452 e. The SMILES string of the molecule is C/C=C/C=C/C(=O)OCC(=O)Nc1cccc(Br)c1. The van der Waals surface area contributed by atoms with Crippen molar-refractivity contribution in [3.05, 3.63) is 53.0 Å². The summed E-state index contributed by atoms with van der Waals surface area (Å²) in [6, 6.07) is 7.15. The van der Waals surface area contributed by atoms with E-state index in [2.05, 4.69) is 21.2 Å². The summed E-state index contributed by atoms with van der Waals surface area (Å²) < 4.78 is 5.63. The van der Waals surface area contributed by atoms with E-state index in [1.54, 1.807) is 36.4 Å². The van der Waals surface area contributed by atoms with Crippen molar-refractivity contribution in [3.8, 4) is 0 Å². The van der Waals surface area contributed by atoms with Crippen molar-refractivity contribution >= 4 is 33.5 Å². The zero-order valence-corrected chi connectivity index (χ0v) is 12.0. The average Bonchev–Trinajstić information content (AvgIpc) is 2.37. The van der Waals surface area contributed by atoms with Crippen molar-refractivity contribution in [1.82, 2.24) is 0 Å². The minimum absolute atomic E-state index is 0.314. The molecule has 0 aliphatic heterocycles. The lowest BCUT2D eigenvalue weighted by Crippen LogP contribution is -2.20. The van der Waals surface area contributed by atoms with E-state index in [4.69, 9.17) is 4.74 Å². The summed E-state index contributed by atoms with van der Waals surface area (Å²) in [5.74, 6) is -0.937. The van der Waals surface area contributed by atoms with Gasteiger partial charge in [0, 0.05) is 16.2 Å². The highest BCUT2D eigenvalue weighted by atomic mass is 79.9. The molecule has 1 amide bonds. The average molecular weight is 324 g/mol. The number of ether oxygens (including phenoxy) is 1. The number of rotatable bonds is 5. The van der Waals surface area contributed by atoms with Gasteiger partial charge in [-0.1, -0.05) is 40.2 Å². The van der Waals surface area contributed by atoms with Gasteiger partial charge in [0.05, 0.1) is 0 Å². The summed E-state index contributed by atoms with van der Waals surface area (Å²) >= 11 is 3.30. The molecule has 0 aliphatic carbocycles. The topological polar surface area (TPSA) is 55.4 Å². The van der Waals surface area contributed by atoms with Gasteiger partial charge in [0.25, 0.3) is 5.91 Å². The van der Waals surface area contributed by atoms with Gasteiger partial charge < -0.3 is 10.1 Å². The quantitative estimate of drug-likeness (QED) is 0.514. The van der Waals surface area contributed by atoms with Crippen LogP contribution in [0.1, 0.15) is 6.92 Å². The number of carbonyl (C=O) groups excluding carboxylic acids is 2. The van der Waals surface area contributed by atoms with Crippen LogP contribution in [0.15, 0.2) is 53.0 Å². The normalized spacial score (nSPS) is 10.8. The van der Waals surface area contributed by atoms with Gasteiger partial charge >= 0.3 is 5.97 Å². The van der Waals surface area contributed by atoms with Gasteiger partial charge in [-0.15, -0.1) is 0 Å². The van der Waals surface area contributed by atoms with Crippen molar-refractivity contribution in [2.24, 2.45) is 0 Å². The molecule has 1 rings (SSSR count). The molecular weight excluding hydrogens is 310 g/mol. The summed E-state index contributed by atoms with van der Waals surface area (Å²) in [5.41, 5.74) is 0.639. The number of benzene rings is 1. The first-order valence-electron chi connectivity index (χ1n) is 5.63. The first kappa shape index (κ1) is 15.2. The summed E-state index contributed by atoms with van der Waals surface area (Å²) in [6.07, 6.45) is 6.29. The Bertz CT molecular complexity index is 509. The van der Waals surface area contributed by atoms with Crippen molar-refractivity contribution in [3.63, 3.8) is 0 Å². The second-order valence-electron chi connectivity index (χ2n) is 3.55. The molecule has 19 heavy (non-hydrogen) atoms. The Kier molecular flexibility index (Phi) is 6.60. The Morgan fingerprint density at radius 2 is 2.16 bits per heavy atom. The second kappa shape index (κ2) is 8.26. The van der Waals surface area contributed by atoms with Crippen LogP contribution in [0.4, 0.5) is 5.69 Å². The Balaban J connectivity index is 2.38. The molecule has 0 radical (unpaired) electrons. The lowest BCUT2D eigenvalue weighted by atomic mass is 10.3. The standard InChI is InChI=1S/C14H14BrNO3/c1-2-3-4-8-14(18)19-10-13(17)16-12-7-5-6-11(15)9-12/h2-9H,10H2,1H3,(H,16,17)/b3-2+,8-4+. The molecule has 0 heterocycles. The van der Waals surface area contributed by atoms with E-state index in [1.165, 1.54) is 6.08 Å². The maximum absolute atomic E-state index is 11.5. The zero-order valence-electron chi connectivity index (χ0n) is 10.4. The number of anilines is 1. The molecule has 100 valence electrons. The second-order valence-corrected chi connectivity index (χ2v) is 4.47. The number of nitrogens with one attached hydrogen (secondary N) is 1. The van der Waals surface area contributed by atoms with Crippen LogP contribution in [-0.4, -0.2) is 18.5 Å². The van der Waals surface area contributed by atoms with Crippen molar-refractivity contribution in [1.29, 1.82) is 0 Å². The van der Waals surface area contributed by atoms with Gasteiger partial charge in [0.1, 0.15) is 0 Å². The van der Waals surface area contributed by atoms with E-state index in [0.717, 1.165) is 4.47 Å². The van der Waals surface area contributed by atoms with Crippen LogP contribution in [0.25, 0.3) is 0 Å². The van der Waals surface area contributed by atoms with Gasteiger partial charge in [-0.05, 0) is 25.1 Å². The molecule has 0 spiro atoms. The Morgan fingerprint density at radius 3 is 2.84 bits per heavy atom. The van der Waals surface area contributed by atoms with Crippen LogP contribution < -0.4 is 5.32 Å². The number of halogens is 1. The molecule has 0 atom stereocenters. The number of hydrogen-bond acceptors (Lipinski definition) is 3. The number of esters is 1. The molecule has 0 bridgehead atoms. The minimum atomic E-state index is -0.553. The highest BCUT2D eigenvalue weighted by molar-refractivity contribution is 9.10. The molecular formula is C14H14BrNO3. The van der Waals surface area contributed by atoms with Crippen LogP contribution >= 0.6 is 15.9 Å². The third-order valence-electron chi connectivity index (χ3n) is 1.99. The van der Waals surface area contributed by atoms with Crippen LogP contribution in [0.5, 0.6) is 0 Å². The van der Waals surface area contributed by atoms with Crippen LogP contribution in [0.2, 0.25) is 0 Å². The fourth-order valence-corrected chi connectivity index (χ4v) is 1.59. The van der Waals surface area contributed by atoms with Crippen LogP contribution in [0, 0.1) is 0 Å². The van der Waals surface area contributed by atoms with E-state index >= 15 is 0 Å². The zero-order chi connectivity index (χ0) is 14.1. The molecule has 1 aromatic rings. The highest BCUT2D eigenvalue weighted by Gasteiger charge is 2.05. The number of allylic oxidation sites excluding steroid dienone is 3.